The number of nitrogens with zero attached hydrogens (tertiary/aromatic N) is 3. The first-order chi connectivity index (χ1) is 9.43. The van der Waals surface area contributed by atoms with Crippen LogP contribution in [0.2, 0.25) is 0 Å². The van der Waals surface area contributed by atoms with Gasteiger partial charge in [0.2, 0.25) is 10.0 Å². The first kappa shape index (κ1) is 14.9. The van der Waals surface area contributed by atoms with Gasteiger partial charge in [0.25, 0.3) is 0 Å². The summed E-state index contributed by atoms with van der Waals surface area (Å²) >= 11 is 1.50. The van der Waals surface area contributed by atoms with Crippen LogP contribution >= 0.6 is 11.3 Å². The normalized spacial score (nSPS) is 11.8. The minimum Gasteiger partial charge on any atom is -0.373 e. The number of hydrogen-bond donors (Lipinski definition) is 1. The van der Waals surface area contributed by atoms with Crippen molar-refractivity contribution in [2.45, 2.75) is 18.4 Å². The van der Waals surface area contributed by atoms with E-state index < -0.39 is 10.0 Å². The third-order valence-corrected chi connectivity index (χ3v) is 5.36. The van der Waals surface area contributed by atoms with Crippen molar-refractivity contribution in [2.75, 3.05) is 19.4 Å². The van der Waals surface area contributed by atoms with E-state index in [1.54, 1.807) is 13.1 Å². The Morgan fingerprint density at radius 3 is 2.65 bits per heavy atom. The molecule has 6 nitrogen and oxygen atoms in total. The van der Waals surface area contributed by atoms with E-state index in [1.165, 1.54) is 35.0 Å². The third-order valence-electron chi connectivity index (χ3n) is 2.75. The van der Waals surface area contributed by atoms with Crippen LogP contribution in [-0.2, 0) is 16.6 Å². The molecule has 0 saturated carbocycles. The van der Waals surface area contributed by atoms with E-state index in [9.17, 15) is 8.42 Å². The highest BCUT2D eigenvalue weighted by Gasteiger charge is 2.22. The summed E-state index contributed by atoms with van der Waals surface area (Å²) in [4.78, 5) is 8.47. The topological polar surface area (TPSA) is 75.2 Å². The molecule has 8 heteroatoms. The number of sulfonamides is 1. The second kappa shape index (κ2) is 5.86. The molecule has 0 saturated heterocycles. The molecule has 0 amide bonds. The lowest BCUT2D eigenvalue weighted by molar-refractivity contribution is 0.462. The molecule has 0 atom stereocenters. The Kier molecular flexibility index (Phi) is 4.36. The summed E-state index contributed by atoms with van der Waals surface area (Å²) in [6.45, 7) is 2.14. The van der Waals surface area contributed by atoms with Crippen molar-refractivity contribution in [3.05, 3.63) is 34.4 Å². The molecule has 0 bridgehead atoms. The monoisotopic (exact) mass is 312 g/mol. The number of rotatable bonds is 5. The number of pyridine rings is 1. The summed E-state index contributed by atoms with van der Waals surface area (Å²) in [5.41, 5.74) is 0.748. The molecule has 0 aromatic carbocycles. The second-order valence-electron chi connectivity index (χ2n) is 4.25. The van der Waals surface area contributed by atoms with Crippen molar-refractivity contribution in [2.24, 2.45) is 0 Å². The predicted octanol–water partition coefficient (Wildman–Crippen LogP) is 1.71. The van der Waals surface area contributed by atoms with Crippen LogP contribution in [0.4, 0.5) is 5.82 Å². The van der Waals surface area contributed by atoms with Crippen molar-refractivity contribution in [3.8, 4) is 0 Å². The quantitative estimate of drug-likeness (QED) is 0.909. The Bertz CT molecular complexity index is 680. The fourth-order valence-electron chi connectivity index (χ4n) is 1.65. The summed E-state index contributed by atoms with van der Waals surface area (Å²) < 4.78 is 26.0. The number of hydrogen-bond acceptors (Lipinski definition) is 6. The lowest BCUT2D eigenvalue weighted by atomic mass is 10.5. The van der Waals surface area contributed by atoms with E-state index in [-0.39, 0.29) is 11.4 Å². The highest BCUT2D eigenvalue weighted by molar-refractivity contribution is 7.89. The molecular formula is C12H16N4O2S2. The van der Waals surface area contributed by atoms with Gasteiger partial charge >= 0.3 is 0 Å². The Morgan fingerprint density at radius 1 is 1.40 bits per heavy atom. The van der Waals surface area contributed by atoms with Crippen molar-refractivity contribution < 1.29 is 8.42 Å². The van der Waals surface area contributed by atoms with Crippen LogP contribution in [0.25, 0.3) is 0 Å². The summed E-state index contributed by atoms with van der Waals surface area (Å²) in [5.74, 6) is 0.627. The van der Waals surface area contributed by atoms with Crippen LogP contribution in [0.1, 0.15) is 10.7 Å². The second-order valence-corrected chi connectivity index (χ2v) is 7.36. The average Bonchev–Trinajstić information content (AvgIpc) is 2.84. The van der Waals surface area contributed by atoms with Gasteiger partial charge in [0.1, 0.15) is 10.7 Å². The predicted molar refractivity (Wildman–Crippen MR) is 79.3 cm³/mol. The van der Waals surface area contributed by atoms with Crippen LogP contribution in [0.15, 0.2) is 28.6 Å². The lowest BCUT2D eigenvalue weighted by Crippen LogP contribution is -2.26. The Morgan fingerprint density at radius 2 is 2.15 bits per heavy atom. The molecule has 0 radical (unpaired) electrons. The van der Waals surface area contributed by atoms with Crippen molar-refractivity contribution >= 4 is 27.2 Å². The molecule has 2 aromatic rings. The van der Waals surface area contributed by atoms with E-state index in [1.807, 2.05) is 12.3 Å². The van der Waals surface area contributed by atoms with Gasteiger partial charge in [-0.3, -0.25) is 0 Å². The average molecular weight is 312 g/mol. The van der Waals surface area contributed by atoms with Gasteiger partial charge in [-0.1, -0.05) is 0 Å². The minimum absolute atomic E-state index is 0.172. The van der Waals surface area contributed by atoms with Crippen LogP contribution < -0.4 is 5.32 Å². The van der Waals surface area contributed by atoms with Crippen molar-refractivity contribution in [1.29, 1.82) is 0 Å². The molecule has 0 unspecified atom stereocenters. The van der Waals surface area contributed by atoms with Gasteiger partial charge in [0.15, 0.2) is 0 Å². The fourth-order valence-corrected chi connectivity index (χ4v) is 3.35. The van der Waals surface area contributed by atoms with E-state index in [0.29, 0.717) is 5.82 Å². The molecule has 2 aromatic heterocycles. The Labute approximate surface area is 122 Å². The molecule has 0 aliphatic rings. The standard InChI is InChI=1S/C12H16N4O2S2/c1-9-15-10(8-19-9)7-16(3)20(17,18)11-4-5-12(13-2)14-6-11/h4-6,8H,7H2,1-3H3,(H,13,14). The van der Waals surface area contributed by atoms with E-state index in [4.69, 9.17) is 0 Å². The molecule has 108 valence electrons. The molecule has 0 aliphatic carbocycles. The zero-order valence-corrected chi connectivity index (χ0v) is 13.1. The van der Waals surface area contributed by atoms with Gasteiger partial charge in [-0.15, -0.1) is 11.3 Å². The lowest BCUT2D eigenvalue weighted by Gasteiger charge is -2.16. The molecule has 2 rings (SSSR count). The third kappa shape index (κ3) is 3.14. The van der Waals surface area contributed by atoms with Gasteiger partial charge in [0.05, 0.1) is 17.2 Å². The van der Waals surface area contributed by atoms with Crippen LogP contribution in [0.3, 0.4) is 0 Å². The molecule has 20 heavy (non-hydrogen) atoms. The molecular weight excluding hydrogens is 296 g/mol. The van der Waals surface area contributed by atoms with Crippen LogP contribution in [-0.4, -0.2) is 36.8 Å². The summed E-state index contributed by atoms with van der Waals surface area (Å²) in [7, 11) is -0.278. The highest BCUT2D eigenvalue weighted by atomic mass is 32.2. The van der Waals surface area contributed by atoms with Crippen LogP contribution in [0, 0.1) is 6.92 Å². The van der Waals surface area contributed by atoms with Crippen molar-refractivity contribution in [3.63, 3.8) is 0 Å². The van der Waals surface area contributed by atoms with E-state index >= 15 is 0 Å². The van der Waals surface area contributed by atoms with Crippen LogP contribution in [0.5, 0.6) is 0 Å². The first-order valence-electron chi connectivity index (χ1n) is 5.94. The van der Waals surface area contributed by atoms with Gasteiger partial charge in [-0.2, -0.15) is 4.31 Å². The molecule has 2 heterocycles. The fraction of sp³-hybridized carbons (Fsp3) is 0.333. The molecule has 0 aliphatic heterocycles. The summed E-state index contributed by atoms with van der Waals surface area (Å²) in [6, 6.07) is 3.17. The summed E-state index contributed by atoms with van der Waals surface area (Å²) in [6.07, 6.45) is 1.35. The number of aryl methyl sites for hydroxylation is 1. The first-order valence-corrected chi connectivity index (χ1v) is 8.26. The van der Waals surface area contributed by atoms with E-state index in [0.717, 1.165) is 10.7 Å². The van der Waals surface area contributed by atoms with E-state index in [2.05, 4.69) is 15.3 Å². The van der Waals surface area contributed by atoms with Gasteiger partial charge in [0, 0.05) is 25.7 Å². The maximum absolute atomic E-state index is 12.4. The zero-order chi connectivity index (χ0) is 14.8. The summed E-state index contributed by atoms with van der Waals surface area (Å²) in [5, 5.41) is 5.64. The van der Waals surface area contributed by atoms with Gasteiger partial charge in [-0.05, 0) is 19.1 Å². The largest absolute Gasteiger partial charge is 0.373 e. The molecule has 0 spiro atoms. The number of thiazole rings is 1. The molecule has 1 N–H and O–H groups in total. The maximum atomic E-state index is 12.4. The number of aromatic nitrogens is 2. The van der Waals surface area contributed by atoms with Gasteiger partial charge in [-0.25, -0.2) is 18.4 Å². The number of nitrogens with one attached hydrogen (secondary N) is 1. The Hall–Kier alpha value is -1.51. The van der Waals surface area contributed by atoms with Gasteiger partial charge < -0.3 is 5.32 Å². The SMILES string of the molecule is CNc1ccc(S(=O)(=O)N(C)Cc2csc(C)n2)cn1. The number of anilines is 1. The minimum atomic E-state index is -3.55. The smallest absolute Gasteiger partial charge is 0.244 e. The molecule has 0 fully saturated rings. The van der Waals surface area contributed by atoms with Crippen molar-refractivity contribution in [1.82, 2.24) is 14.3 Å². The zero-order valence-electron chi connectivity index (χ0n) is 11.5. The highest BCUT2D eigenvalue weighted by Crippen LogP contribution is 2.18. The Balaban J connectivity index is 2.19. The maximum Gasteiger partial charge on any atom is 0.244 e.